The highest BCUT2D eigenvalue weighted by Gasteiger charge is 2.98. The van der Waals surface area contributed by atoms with E-state index in [-0.39, 0.29) is 13.0 Å². The summed E-state index contributed by atoms with van der Waals surface area (Å²) in [4.78, 5) is 10.7. The lowest BCUT2D eigenvalue weighted by atomic mass is 9.87. The van der Waals surface area contributed by atoms with E-state index in [2.05, 4.69) is 16.1 Å². The molecule has 0 heterocycles. The van der Waals surface area contributed by atoms with E-state index in [0.717, 1.165) is 0 Å². The average molecular weight is 634 g/mol. The molecular formula is C15H7F21O3. The molecule has 0 aromatic heterocycles. The van der Waals surface area contributed by atoms with Gasteiger partial charge in [0, 0.05) is 6.08 Å². The van der Waals surface area contributed by atoms with Gasteiger partial charge in [0.15, 0.2) is 0 Å². The fraction of sp³-hybridized carbons (Fsp3) is 0.800. The summed E-state index contributed by atoms with van der Waals surface area (Å²) in [6, 6.07) is 0. The third kappa shape index (κ3) is 5.04. The van der Waals surface area contributed by atoms with Crippen LogP contribution in [0.3, 0.4) is 0 Å². The molecule has 1 atom stereocenters. The van der Waals surface area contributed by atoms with Gasteiger partial charge in [0.05, 0.1) is 0 Å². The molecule has 0 rings (SSSR count). The average Bonchev–Trinajstić information content (AvgIpc) is 2.70. The van der Waals surface area contributed by atoms with Gasteiger partial charge < -0.3 is 4.74 Å². The van der Waals surface area contributed by atoms with Crippen LogP contribution >= 0.6 is 0 Å². The van der Waals surface area contributed by atoms with Crippen molar-refractivity contribution in [1.29, 1.82) is 0 Å². The SMILES string of the molecule is C=CC(=O)OC(C)OC(F)(F)C(F)(F)C(F)(F)C(F)(F)C(F)(F)C(F)(F)C(F)(F)C(F)(F)C(F)(F)C(F)(F)F. The third-order valence-electron chi connectivity index (χ3n) is 4.24. The number of esters is 1. The van der Waals surface area contributed by atoms with E-state index in [1.165, 1.54) is 0 Å². The van der Waals surface area contributed by atoms with Crippen molar-refractivity contribution < 1.29 is 106 Å². The Kier molecular flexibility index (Phi) is 9.09. The van der Waals surface area contributed by atoms with Crippen LogP contribution in [0.4, 0.5) is 92.2 Å². The van der Waals surface area contributed by atoms with Gasteiger partial charge >= 0.3 is 65.6 Å². The molecule has 0 spiro atoms. The second kappa shape index (κ2) is 9.66. The zero-order valence-electron chi connectivity index (χ0n) is 17.5. The van der Waals surface area contributed by atoms with E-state index in [1.54, 1.807) is 0 Å². The number of hydrogen-bond acceptors (Lipinski definition) is 3. The van der Waals surface area contributed by atoms with Gasteiger partial charge in [-0.2, -0.15) is 92.2 Å². The Bertz CT molecular complexity index is 918. The van der Waals surface area contributed by atoms with Gasteiger partial charge in [-0.3, -0.25) is 4.74 Å². The molecule has 3 nitrogen and oxygen atoms in total. The van der Waals surface area contributed by atoms with Crippen molar-refractivity contribution in [2.75, 3.05) is 0 Å². The molecule has 0 bridgehead atoms. The normalized spacial score (nSPS) is 16.7. The van der Waals surface area contributed by atoms with Gasteiger partial charge in [-0.25, -0.2) is 4.79 Å². The highest BCUT2D eigenvalue weighted by molar-refractivity contribution is 5.81. The van der Waals surface area contributed by atoms with Crippen LogP contribution in [0, 0.1) is 0 Å². The highest BCUT2D eigenvalue weighted by Crippen LogP contribution is 2.66. The zero-order chi connectivity index (χ0) is 32.3. The van der Waals surface area contributed by atoms with Gasteiger partial charge in [0.25, 0.3) is 0 Å². The Balaban J connectivity index is 6.91. The van der Waals surface area contributed by atoms with E-state index < -0.39 is 71.9 Å². The van der Waals surface area contributed by atoms with Crippen molar-refractivity contribution in [2.45, 2.75) is 72.9 Å². The summed E-state index contributed by atoms with van der Waals surface area (Å²) in [5.74, 6) is -73.2. The summed E-state index contributed by atoms with van der Waals surface area (Å²) < 4.78 is 283. The fourth-order valence-corrected chi connectivity index (χ4v) is 2.06. The van der Waals surface area contributed by atoms with Crippen LogP contribution in [0.2, 0.25) is 0 Å². The molecule has 0 radical (unpaired) electrons. The van der Waals surface area contributed by atoms with E-state index in [9.17, 15) is 97.0 Å². The molecule has 0 fully saturated rings. The van der Waals surface area contributed by atoms with Crippen LogP contribution in [0.1, 0.15) is 6.92 Å². The number of carbonyl (C=O) groups is 1. The Hall–Kier alpha value is -2.30. The van der Waals surface area contributed by atoms with Crippen molar-refractivity contribution >= 4 is 5.97 Å². The second-order valence-electron chi connectivity index (χ2n) is 6.94. The predicted molar refractivity (Wildman–Crippen MR) is 77.4 cm³/mol. The Morgan fingerprint density at radius 3 is 1.05 bits per heavy atom. The number of halogens is 21. The molecular weight excluding hydrogens is 627 g/mol. The van der Waals surface area contributed by atoms with Gasteiger partial charge in [0.2, 0.25) is 6.29 Å². The smallest absolute Gasteiger partial charge is 0.433 e. The maximum Gasteiger partial charge on any atom is 0.460 e. The van der Waals surface area contributed by atoms with Crippen molar-refractivity contribution in [2.24, 2.45) is 0 Å². The second-order valence-corrected chi connectivity index (χ2v) is 6.94. The van der Waals surface area contributed by atoms with Crippen molar-refractivity contribution in [3.8, 4) is 0 Å². The van der Waals surface area contributed by atoms with Crippen molar-refractivity contribution in [1.82, 2.24) is 0 Å². The Labute approximate surface area is 199 Å². The largest absolute Gasteiger partial charge is 0.460 e. The van der Waals surface area contributed by atoms with E-state index in [0.29, 0.717) is 0 Å². The maximum absolute atomic E-state index is 13.6. The molecule has 0 saturated heterocycles. The molecule has 0 aromatic rings. The first kappa shape index (κ1) is 36.7. The summed E-state index contributed by atoms with van der Waals surface area (Å²) in [5, 5.41) is 0. The lowest BCUT2D eigenvalue weighted by Gasteiger charge is -2.44. The highest BCUT2D eigenvalue weighted by atomic mass is 19.4. The minimum Gasteiger partial charge on any atom is -0.433 e. The van der Waals surface area contributed by atoms with Crippen LogP contribution in [0.25, 0.3) is 0 Å². The first-order chi connectivity index (χ1) is 16.6. The molecule has 0 amide bonds. The molecule has 0 aliphatic carbocycles. The van der Waals surface area contributed by atoms with Crippen LogP contribution < -0.4 is 0 Å². The van der Waals surface area contributed by atoms with Gasteiger partial charge in [0.1, 0.15) is 0 Å². The first-order valence-corrected chi connectivity index (χ1v) is 8.58. The molecule has 0 aliphatic heterocycles. The number of carbonyl (C=O) groups excluding carboxylic acids is 1. The van der Waals surface area contributed by atoms with Crippen LogP contribution in [0.15, 0.2) is 12.7 Å². The molecule has 232 valence electrons. The maximum atomic E-state index is 13.6. The lowest BCUT2D eigenvalue weighted by Crippen LogP contribution is -2.77. The zero-order valence-corrected chi connectivity index (χ0v) is 17.5. The quantitative estimate of drug-likeness (QED) is 0.0978. The van der Waals surface area contributed by atoms with E-state index in [1.807, 2.05) is 0 Å². The molecule has 0 N–H and O–H groups in total. The van der Waals surface area contributed by atoms with Crippen molar-refractivity contribution in [3.63, 3.8) is 0 Å². The molecule has 0 aromatic carbocycles. The number of hydrogen-bond donors (Lipinski definition) is 0. The predicted octanol–water partition coefficient (Wildman–Crippen LogP) is 7.32. The molecule has 39 heavy (non-hydrogen) atoms. The summed E-state index contributed by atoms with van der Waals surface area (Å²) in [6.45, 7) is 2.51. The fourth-order valence-electron chi connectivity index (χ4n) is 2.06. The number of rotatable bonds is 12. The standard InChI is InChI=1S/C15H7F21O3/c1-3-5(37)38-4(2)39-15(35,36)13(30,31)11(26,27)9(22,23)7(18,19)6(16,17)8(20,21)10(24,25)12(28,29)14(32,33)34/h3-4H,1H2,2H3. The van der Waals surface area contributed by atoms with Crippen LogP contribution in [0.5, 0.6) is 0 Å². The molecule has 1 unspecified atom stereocenters. The van der Waals surface area contributed by atoms with Crippen molar-refractivity contribution in [3.05, 3.63) is 12.7 Å². The summed E-state index contributed by atoms with van der Waals surface area (Å²) in [6.07, 6.45) is -18.6. The van der Waals surface area contributed by atoms with Crippen LogP contribution in [-0.2, 0) is 14.3 Å². The number of alkyl halides is 21. The Morgan fingerprint density at radius 2 is 0.795 bits per heavy atom. The summed E-state index contributed by atoms with van der Waals surface area (Å²) in [5.41, 5.74) is 0. The lowest BCUT2D eigenvalue weighted by molar-refractivity contribution is -0.489. The molecule has 0 aliphatic rings. The summed E-state index contributed by atoms with van der Waals surface area (Å²) in [7, 11) is 0. The van der Waals surface area contributed by atoms with Gasteiger partial charge in [-0.15, -0.1) is 0 Å². The minimum absolute atomic E-state index is 0.0415. The third-order valence-corrected chi connectivity index (χ3v) is 4.24. The molecule has 24 heteroatoms. The van der Waals surface area contributed by atoms with Crippen LogP contribution in [-0.4, -0.2) is 71.9 Å². The van der Waals surface area contributed by atoms with E-state index in [4.69, 9.17) is 0 Å². The topological polar surface area (TPSA) is 35.5 Å². The molecule has 0 saturated carbocycles. The van der Waals surface area contributed by atoms with Gasteiger partial charge in [-0.1, -0.05) is 6.58 Å². The monoisotopic (exact) mass is 634 g/mol. The first-order valence-electron chi connectivity index (χ1n) is 8.58. The van der Waals surface area contributed by atoms with E-state index >= 15 is 0 Å². The minimum atomic E-state index is -9.26. The number of ether oxygens (including phenoxy) is 2. The summed E-state index contributed by atoms with van der Waals surface area (Å²) >= 11 is 0. The Morgan fingerprint density at radius 1 is 0.538 bits per heavy atom. The van der Waals surface area contributed by atoms with Gasteiger partial charge in [-0.05, 0) is 6.92 Å².